The van der Waals surface area contributed by atoms with Gasteiger partial charge in [0.2, 0.25) is 27.7 Å². The fourth-order valence-electron chi connectivity index (χ4n) is 8.38. The fraction of sp³-hybridized carbons (Fsp3) is 0.533. The van der Waals surface area contributed by atoms with E-state index in [1.807, 2.05) is 31.2 Å². The van der Waals surface area contributed by atoms with E-state index < -0.39 is 79.6 Å². The molecule has 61 heavy (non-hydrogen) atoms. The van der Waals surface area contributed by atoms with Crippen LogP contribution < -0.4 is 24.8 Å². The number of alkyl carbamates (subject to hydrolysis) is 1. The molecule has 0 bridgehead atoms. The maximum atomic E-state index is 15.0. The molecule has 3 fully saturated rings. The molecule has 1 aromatic heterocycles. The molecule has 2 aromatic carbocycles. The predicted octanol–water partition coefficient (Wildman–Crippen LogP) is 6.18. The van der Waals surface area contributed by atoms with E-state index in [-0.39, 0.29) is 37.1 Å². The lowest BCUT2D eigenvalue weighted by Gasteiger charge is -2.33. The number of rotatable bonds is 8. The molecular formula is C45H56FN5O9S. The molecular weight excluding hydrogens is 806 g/mol. The van der Waals surface area contributed by atoms with Gasteiger partial charge in [0.15, 0.2) is 0 Å². The van der Waals surface area contributed by atoms with Crippen LogP contribution in [0, 0.1) is 23.6 Å². The number of hydrogen-bond donors (Lipinski definition) is 3. The van der Waals surface area contributed by atoms with Gasteiger partial charge in [0.25, 0.3) is 5.91 Å². The van der Waals surface area contributed by atoms with Crippen molar-refractivity contribution in [3.63, 3.8) is 0 Å². The van der Waals surface area contributed by atoms with Gasteiger partial charge < -0.3 is 29.7 Å². The minimum atomic E-state index is -4.04. The molecule has 3 aromatic rings. The molecule has 7 atom stereocenters. The van der Waals surface area contributed by atoms with Gasteiger partial charge in [-0.2, -0.15) is 0 Å². The summed E-state index contributed by atoms with van der Waals surface area (Å²) in [6, 6.07) is 10.8. The molecule has 4 amide bonds. The Morgan fingerprint density at radius 1 is 1.03 bits per heavy atom. The van der Waals surface area contributed by atoms with Crippen LogP contribution in [0.15, 0.2) is 60.7 Å². The summed E-state index contributed by atoms with van der Waals surface area (Å²) in [6.07, 6.45) is 5.12. The molecule has 16 heteroatoms. The van der Waals surface area contributed by atoms with E-state index in [0.29, 0.717) is 53.5 Å². The number of sulfonamides is 1. The number of aromatic nitrogens is 1. The Labute approximate surface area is 356 Å². The van der Waals surface area contributed by atoms with Gasteiger partial charge in [-0.25, -0.2) is 22.6 Å². The second kappa shape index (κ2) is 16.6. The molecule has 14 nitrogen and oxygen atoms in total. The number of pyridine rings is 1. The van der Waals surface area contributed by atoms with Crippen molar-refractivity contribution < 1.29 is 46.2 Å². The molecule has 1 saturated heterocycles. The summed E-state index contributed by atoms with van der Waals surface area (Å²) in [5.74, 6) is -2.42. The van der Waals surface area contributed by atoms with Crippen LogP contribution in [-0.2, 0) is 29.1 Å². The second-order valence-electron chi connectivity index (χ2n) is 18.5. The molecule has 2 aliphatic carbocycles. The first-order valence-corrected chi connectivity index (χ1v) is 22.5. The largest absolute Gasteiger partial charge is 0.497 e. The van der Waals surface area contributed by atoms with E-state index in [1.165, 1.54) is 17.0 Å². The predicted molar refractivity (Wildman–Crippen MR) is 226 cm³/mol. The van der Waals surface area contributed by atoms with Crippen molar-refractivity contribution in [2.75, 3.05) is 13.7 Å². The third-order valence-corrected chi connectivity index (χ3v) is 14.5. The SMILES string of the molecule is COc1ccc2c(O[C@@H]3C[C@H]4C(=O)N[C@]5(C(=O)NS(=O)(=O)C6(C)CC6)C[C@H]5/C=C\CC[C@H](C)C[C@@H](C)[C@H](NC(=O)OC(C)(C)C)C(=O)N4C3)nc(-c3ccc(F)cc3)cc2c1. The van der Waals surface area contributed by atoms with E-state index in [9.17, 15) is 32.0 Å². The fourth-order valence-corrected chi connectivity index (χ4v) is 9.69. The van der Waals surface area contributed by atoms with Crippen LogP contribution in [0.2, 0.25) is 0 Å². The number of nitrogens with one attached hydrogen (secondary N) is 3. The van der Waals surface area contributed by atoms with Gasteiger partial charge in [0.05, 0.1) is 24.1 Å². The number of allylic oxidation sites excluding steroid dienone is 1. The number of benzene rings is 2. The molecule has 2 aliphatic heterocycles. The highest BCUT2D eigenvalue weighted by atomic mass is 32.2. The molecule has 0 radical (unpaired) electrons. The number of carbonyl (C=O) groups excluding carboxylic acids is 4. The molecule has 0 unspecified atom stereocenters. The lowest BCUT2D eigenvalue weighted by Crippen LogP contribution is -2.59. The number of amides is 4. The highest BCUT2D eigenvalue weighted by Gasteiger charge is 2.63. The lowest BCUT2D eigenvalue weighted by molar-refractivity contribution is -0.142. The molecule has 7 rings (SSSR count). The van der Waals surface area contributed by atoms with E-state index in [1.54, 1.807) is 59.1 Å². The van der Waals surface area contributed by atoms with Crippen LogP contribution in [0.1, 0.15) is 86.5 Å². The van der Waals surface area contributed by atoms with Gasteiger partial charge in [-0.1, -0.05) is 26.0 Å². The minimum Gasteiger partial charge on any atom is -0.497 e. The molecule has 2 saturated carbocycles. The normalized spacial score (nSPS) is 28.2. The Hall–Kier alpha value is -5.25. The van der Waals surface area contributed by atoms with E-state index in [2.05, 4.69) is 22.3 Å². The average molecular weight is 862 g/mol. The van der Waals surface area contributed by atoms with Crippen LogP contribution >= 0.6 is 0 Å². The number of carbonyl (C=O) groups is 4. The molecule has 0 spiro atoms. The van der Waals surface area contributed by atoms with Crippen LogP contribution in [0.4, 0.5) is 9.18 Å². The van der Waals surface area contributed by atoms with Crippen molar-refractivity contribution in [1.82, 2.24) is 25.2 Å². The Kier molecular flexibility index (Phi) is 11.9. The number of fused-ring (bicyclic) bond motifs is 3. The van der Waals surface area contributed by atoms with E-state index in [4.69, 9.17) is 19.2 Å². The van der Waals surface area contributed by atoms with Crippen molar-refractivity contribution in [1.29, 1.82) is 0 Å². The third-order valence-electron chi connectivity index (χ3n) is 12.3. The molecule has 4 aliphatic rings. The second-order valence-corrected chi connectivity index (χ2v) is 20.7. The molecule has 328 valence electrons. The first-order valence-electron chi connectivity index (χ1n) is 21.0. The summed E-state index contributed by atoms with van der Waals surface area (Å²) in [4.78, 5) is 63.3. The lowest BCUT2D eigenvalue weighted by atomic mass is 9.88. The summed E-state index contributed by atoms with van der Waals surface area (Å²) in [5, 5.41) is 7.05. The summed E-state index contributed by atoms with van der Waals surface area (Å²) >= 11 is 0. The number of ether oxygens (including phenoxy) is 3. The third kappa shape index (κ3) is 9.48. The zero-order valence-corrected chi connectivity index (χ0v) is 36.6. The van der Waals surface area contributed by atoms with Crippen molar-refractivity contribution in [2.45, 2.75) is 121 Å². The zero-order valence-electron chi connectivity index (χ0n) is 35.7. The van der Waals surface area contributed by atoms with Crippen molar-refractivity contribution in [3.8, 4) is 22.9 Å². The zero-order chi connectivity index (χ0) is 44.1. The highest BCUT2D eigenvalue weighted by molar-refractivity contribution is 7.91. The van der Waals surface area contributed by atoms with Crippen LogP contribution in [0.5, 0.6) is 11.6 Å². The average Bonchev–Trinajstić information content (AvgIpc) is 4.07. The smallest absolute Gasteiger partial charge is 0.408 e. The van der Waals surface area contributed by atoms with Gasteiger partial charge >= 0.3 is 6.09 Å². The van der Waals surface area contributed by atoms with Gasteiger partial charge in [-0.3, -0.25) is 19.1 Å². The van der Waals surface area contributed by atoms with Crippen LogP contribution in [0.25, 0.3) is 22.0 Å². The van der Waals surface area contributed by atoms with Gasteiger partial charge in [0.1, 0.15) is 40.9 Å². The topological polar surface area (TPSA) is 182 Å². The Morgan fingerprint density at radius 2 is 1.75 bits per heavy atom. The Balaban J connectivity index is 1.26. The first kappa shape index (κ1) is 43.8. The van der Waals surface area contributed by atoms with Gasteiger partial charge in [0, 0.05) is 23.3 Å². The van der Waals surface area contributed by atoms with Crippen molar-refractivity contribution in [3.05, 3.63) is 66.5 Å². The number of nitrogens with zero attached hydrogens (tertiary/aromatic N) is 2. The molecule has 3 N–H and O–H groups in total. The summed E-state index contributed by atoms with van der Waals surface area (Å²) in [7, 11) is -2.49. The monoisotopic (exact) mass is 861 g/mol. The van der Waals surface area contributed by atoms with Gasteiger partial charge in [-0.15, -0.1) is 0 Å². The van der Waals surface area contributed by atoms with E-state index in [0.717, 1.165) is 6.42 Å². The molecule has 3 heterocycles. The van der Waals surface area contributed by atoms with Gasteiger partial charge in [-0.05, 0) is 132 Å². The maximum absolute atomic E-state index is 15.0. The summed E-state index contributed by atoms with van der Waals surface area (Å²) in [6.45, 7) is 10.6. The van der Waals surface area contributed by atoms with Crippen molar-refractivity contribution in [2.24, 2.45) is 17.8 Å². The Morgan fingerprint density at radius 3 is 2.43 bits per heavy atom. The standard InChI is InChI=1S/C45H56FN5O9S/c1-26-10-8-9-11-30-24-45(30,41(54)50-61(56,57)44(6)18-19-44)49-38(52)36-23-33(25-51(36)40(53)37(27(2)20-26)48-42(55)60-43(3,4)5)59-39-34-17-16-32(58-7)21-29(34)22-35(47-39)28-12-14-31(46)15-13-28/h9,11-17,21-22,26-27,30,33,36-37H,8,10,18-20,23-25H2,1-7H3,(H,48,55)(H,49,52)(H,50,54)/b11-9-/t26-,27+,30+,33+,36-,37-,45+/m0/s1. The van der Waals surface area contributed by atoms with Crippen LogP contribution in [0.3, 0.4) is 0 Å². The first-order chi connectivity index (χ1) is 28.7. The Bertz CT molecular complexity index is 2350. The maximum Gasteiger partial charge on any atom is 0.408 e. The minimum absolute atomic E-state index is 0.0316. The number of methoxy groups -OCH3 is 1. The summed E-state index contributed by atoms with van der Waals surface area (Å²) in [5.41, 5.74) is -1.32. The quantitative estimate of drug-likeness (QED) is 0.222. The number of hydrogen-bond acceptors (Lipinski definition) is 10. The number of halogens is 1. The van der Waals surface area contributed by atoms with E-state index >= 15 is 0 Å². The van der Waals surface area contributed by atoms with Crippen LogP contribution in [-0.4, -0.2) is 89.8 Å². The summed E-state index contributed by atoms with van der Waals surface area (Å²) < 4.78 is 59.4. The highest BCUT2D eigenvalue weighted by Crippen LogP contribution is 2.48. The van der Waals surface area contributed by atoms with Crippen molar-refractivity contribution >= 4 is 44.6 Å².